The predicted molar refractivity (Wildman–Crippen MR) is 124 cm³/mol. The minimum absolute atomic E-state index is 0.0193. The van der Waals surface area contributed by atoms with Crippen LogP contribution in [0.4, 0.5) is 5.69 Å². The van der Waals surface area contributed by atoms with E-state index in [1.165, 1.54) is 16.6 Å². The predicted octanol–water partition coefficient (Wildman–Crippen LogP) is 3.78. The van der Waals surface area contributed by atoms with Gasteiger partial charge in [-0.25, -0.2) is 4.98 Å². The minimum atomic E-state index is -0.0193. The zero-order valence-electron chi connectivity index (χ0n) is 17.5. The molecule has 4 aromatic rings. The molecule has 30 heavy (non-hydrogen) atoms. The number of aromatic amines is 1. The first-order valence-electron chi connectivity index (χ1n) is 10.3. The van der Waals surface area contributed by atoms with Gasteiger partial charge in [-0.15, -0.1) is 11.3 Å². The Bertz CT molecular complexity index is 1300. The summed E-state index contributed by atoms with van der Waals surface area (Å²) in [5, 5.41) is 1.96. The number of nitrogens with zero attached hydrogens (tertiary/aromatic N) is 4. The van der Waals surface area contributed by atoms with E-state index in [2.05, 4.69) is 51.0 Å². The van der Waals surface area contributed by atoms with Crippen LogP contribution < -0.4 is 10.5 Å². The molecular weight excluding hydrogens is 394 g/mol. The fraction of sp³-hybridized carbons (Fsp3) is 0.348. The van der Waals surface area contributed by atoms with Crippen molar-refractivity contribution in [2.45, 2.75) is 27.3 Å². The number of fused-ring (bicyclic) bond motifs is 2. The summed E-state index contributed by atoms with van der Waals surface area (Å²) in [5.74, 6) is 0.757. The quantitative estimate of drug-likeness (QED) is 0.547. The fourth-order valence-corrected chi connectivity index (χ4v) is 5.30. The van der Waals surface area contributed by atoms with Crippen LogP contribution in [0.3, 0.4) is 0 Å². The molecule has 1 saturated heterocycles. The molecule has 1 N–H and O–H groups in total. The summed E-state index contributed by atoms with van der Waals surface area (Å²) in [6.07, 6.45) is 1.90. The van der Waals surface area contributed by atoms with Crippen LogP contribution >= 0.6 is 11.3 Å². The van der Waals surface area contributed by atoms with Gasteiger partial charge in [-0.1, -0.05) is 11.6 Å². The number of anilines is 1. The third kappa shape index (κ3) is 3.38. The number of pyridine rings is 1. The van der Waals surface area contributed by atoms with Gasteiger partial charge in [0.1, 0.15) is 10.7 Å². The second-order valence-corrected chi connectivity index (χ2v) is 9.29. The Morgan fingerprint density at radius 3 is 2.70 bits per heavy atom. The van der Waals surface area contributed by atoms with Crippen LogP contribution in [0.5, 0.6) is 0 Å². The molecule has 0 bridgehead atoms. The highest BCUT2D eigenvalue weighted by Gasteiger charge is 2.20. The summed E-state index contributed by atoms with van der Waals surface area (Å²) in [4.78, 5) is 31.6. The molecule has 3 aromatic heterocycles. The molecule has 4 heterocycles. The van der Waals surface area contributed by atoms with Crippen molar-refractivity contribution in [3.8, 4) is 0 Å². The summed E-state index contributed by atoms with van der Waals surface area (Å²) >= 11 is 1.61. The Kier molecular flexibility index (Phi) is 4.79. The molecule has 1 aliphatic heterocycles. The van der Waals surface area contributed by atoms with Crippen LogP contribution in [-0.4, -0.2) is 46.0 Å². The largest absolute Gasteiger partial charge is 0.368 e. The maximum atomic E-state index is 12.5. The molecule has 1 aromatic carbocycles. The van der Waals surface area contributed by atoms with Gasteiger partial charge in [0.25, 0.3) is 5.56 Å². The zero-order chi connectivity index (χ0) is 20.8. The maximum Gasteiger partial charge on any atom is 0.259 e. The van der Waals surface area contributed by atoms with Crippen molar-refractivity contribution in [1.82, 2.24) is 19.9 Å². The summed E-state index contributed by atoms with van der Waals surface area (Å²) in [6, 6.07) is 8.54. The van der Waals surface area contributed by atoms with Crippen LogP contribution in [0.25, 0.3) is 21.1 Å². The van der Waals surface area contributed by atoms with E-state index in [0.717, 1.165) is 58.2 Å². The van der Waals surface area contributed by atoms with E-state index in [4.69, 9.17) is 4.98 Å². The van der Waals surface area contributed by atoms with E-state index in [9.17, 15) is 4.79 Å². The number of piperazine rings is 1. The number of H-pyrrole nitrogens is 1. The highest BCUT2D eigenvalue weighted by atomic mass is 32.1. The number of thiophene rings is 1. The number of nitrogens with one attached hydrogen (secondary N) is 1. The minimum Gasteiger partial charge on any atom is -0.368 e. The second kappa shape index (κ2) is 7.49. The van der Waals surface area contributed by atoms with E-state index in [1.54, 1.807) is 11.3 Å². The summed E-state index contributed by atoms with van der Waals surface area (Å²) < 4.78 is 0. The van der Waals surface area contributed by atoms with Gasteiger partial charge in [0.2, 0.25) is 0 Å². The van der Waals surface area contributed by atoms with E-state index < -0.39 is 0 Å². The summed E-state index contributed by atoms with van der Waals surface area (Å²) in [6.45, 7) is 10.6. The van der Waals surface area contributed by atoms with Crippen molar-refractivity contribution in [3.63, 3.8) is 0 Å². The van der Waals surface area contributed by atoms with Crippen molar-refractivity contribution < 1.29 is 0 Å². The first kappa shape index (κ1) is 19.2. The number of aryl methyl sites for hydroxylation is 3. The highest BCUT2D eigenvalue weighted by molar-refractivity contribution is 7.18. The van der Waals surface area contributed by atoms with Gasteiger partial charge in [-0.3, -0.25) is 14.7 Å². The van der Waals surface area contributed by atoms with Crippen molar-refractivity contribution in [3.05, 3.63) is 62.6 Å². The molecule has 0 aliphatic carbocycles. The van der Waals surface area contributed by atoms with E-state index >= 15 is 0 Å². The lowest BCUT2D eigenvalue weighted by atomic mass is 10.1. The SMILES string of the molecule is Cc1ccc2nccc(N3CCN(Cc4nc5sc(C)c(C)c5c(=O)[nH]4)CC3)c2c1. The average Bonchev–Trinajstić information content (AvgIpc) is 3.02. The topological polar surface area (TPSA) is 65.1 Å². The van der Waals surface area contributed by atoms with Crippen molar-refractivity contribution >= 4 is 38.1 Å². The summed E-state index contributed by atoms with van der Waals surface area (Å²) in [5.41, 5.74) is 4.57. The molecule has 1 aliphatic rings. The molecular formula is C23H25N5OS. The molecule has 6 nitrogen and oxygen atoms in total. The zero-order valence-corrected chi connectivity index (χ0v) is 18.3. The highest BCUT2D eigenvalue weighted by Crippen LogP contribution is 2.28. The Hall–Kier alpha value is -2.77. The van der Waals surface area contributed by atoms with Crippen LogP contribution in [-0.2, 0) is 6.54 Å². The lowest BCUT2D eigenvalue weighted by molar-refractivity contribution is 0.244. The van der Waals surface area contributed by atoms with Gasteiger partial charge in [0.15, 0.2) is 0 Å². The third-order valence-corrected chi connectivity index (χ3v) is 7.15. The van der Waals surface area contributed by atoms with Gasteiger partial charge >= 0.3 is 0 Å². The van der Waals surface area contributed by atoms with E-state index in [0.29, 0.717) is 6.54 Å². The molecule has 0 atom stereocenters. The molecule has 0 radical (unpaired) electrons. The monoisotopic (exact) mass is 419 g/mol. The van der Waals surface area contributed by atoms with Crippen molar-refractivity contribution in [1.29, 1.82) is 0 Å². The molecule has 1 fully saturated rings. The van der Waals surface area contributed by atoms with Crippen LogP contribution in [0.1, 0.15) is 21.8 Å². The molecule has 154 valence electrons. The maximum absolute atomic E-state index is 12.5. The number of hydrogen-bond acceptors (Lipinski definition) is 6. The fourth-order valence-electron chi connectivity index (χ4n) is 4.25. The van der Waals surface area contributed by atoms with Gasteiger partial charge in [0.05, 0.1) is 17.4 Å². The number of hydrogen-bond donors (Lipinski definition) is 1. The Balaban J connectivity index is 1.33. The lowest BCUT2D eigenvalue weighted by Gasteiger charge is -2.36. The van der Waals surface area contributed by atoms with Gasteiger partial charge in [-0.05, 0) is 44.5 Å². The first-order valence-corrected chi connectivity index (χ1v) is 11.1. The molecule has 5 rings (SSSR count). The average molecular weight is 420 g/mol. The Morgan fingerprint density at radius 2 is 1.90 bits per heavy atom. The van der Waals surface area contributed by atoms with Gasteiger partial charge in [-0.2, -0.15) is 0 Å². The Morgan fingerprint density at radius 1 is 1.10 bits per heavy atom. The molecule has 0 unspecified atom stereocenters. The molecule has 0 amide bonds. The normalized spacial score (nSPS) is 15.4. The molecule has 0 saturated carbocycles. The smallest absolute Gasteiger partial charge is 0.259 e. The molecule has 7 heteroatoms. The van der Waals surface area contributed by atoms with E-state index in [-0.39, 0.29) is 5.56 Å². The summed E-state index contributed by atoms with van der Waals surface area (Å²) in [7, 11) is 0. The number of aromatic nitrogens is 3. The lowest BCUT2D eigenvalue weighted by Crippen LogP contribution is -2.46. The standard InChI is InChI=1S/C23H25N5OS/c1-14-4-5-18-17(12-14)19(6-7-24-18)28-10-8-27(9-11-28)13-20-25-22(29)21-15(2)16(3)30-23(21)26-20/h4-7,12H,8-11,13H2,1-3H3,(H,25,26,29). The van der Waals surface area contributed by atoms with Crippen molar-refractivity contribution in [2.24, 2.45) is 0 Å². The second-order valence-electron chi connectivity index (χ2n) is 8.09. The van der Waals surface area contributed by atoms with Crippen LogP contribution in [0, 0.1) is 20.8 Å². The van der Waals surface area contributed by atoms with Gasteiger partial charge < -0.3 is 9.88 Å². The first-order chi connectivity index (χ1) is 14.5. The van der Waals surface area contributed by atoms with Gasteiger partial charge in [0, 0.05) is 48.3 Å². The van der Waals surface area contributed by atoms with Crippen molar-refractivity contribution in [2.75, 3.05) is 31.1 Å². The van der Waals surface area contributed by atoms with Crippen LogP contribution in [0.15, 0.2) is 35.3 Å². The third-order valence-electron chi connectivity index (χ3n) is 6.05. The Labute approximate surface area is 179 Å². The number of benzene rings is 1. The van der Waals surface area contributed by atoms with E-state index in [1.807, 2.05) is 20.0 Å². The van der Waals surface area contributed by atoms with Crippen LogP contribution in [0.2, 0.25) is 0 Å². The molecule has 0 spiro atoms. The number of rotatable bonds is 3.